The monoisotopic (exact) mass is 316 g/mol. The molecule has 2 unspecified atom stereocenters. The average molecular weight is 316 g/mol. The maximum atomic E-state index is 12.6. The van der Waals surface area contributed by atoms with Gasteiger partial charge >= 0.3 is 0 Å². The number of anilines is 1. The van der Waals surface area contributed by atoms with E-state index in [9.17, 15) is 4.79 Å². The molecule has 3 N–H and O–H groups in total. The Balaban J connectivity index is 1.56. The van der Waals surface area contributed by atoms with E-state index in [0.29, 0.717) is 6.61 Å². The quantitative estimate of drug-likeness (QED) is 0.845. The molecule has 1 aromatic carbocycles. The summed E-state index contributed by atoms with van der Waals surface area (Å²) in [5.74, 6) is 0.711. The number of carbonyl (C=O) groups excluding carboxylic acids is 1. The number of nitrogens with two attached hydrogens (primary N) is 1. The summed E-state index contributed by atoms with van der Waals surface area (Å²) in [6, 6.07) is 7.94. The van der Waals surface area contributed by atoms with Gasteiger partial charge in [-0.15, -0.1) is 0 Å². The van der Waals surface area contributed by atoms with Crippen LogP contribution in [-0.4, -0.2) is 18.1 Å². The molecule has 0 radical (unpaired) electrons. The van der Waals surface area contributed by atoms with E-state index in [4.69, 9.17) is 10.5 Å². The normalized spacial score (nSPS) is 27.7. The van der Waals surface area contributed by atoms with E-state index in [1.165, 1.54) is 12.8 Å². The first-order valence-corrected chi connectivity index (χ1v) is 8.81. The summed E-state index contributed by atoms with van der Waals surface area (Å²) in [7, 11) is 0. The molecular formula is C19H28N2O2. The number of benzene rings is 1. The third kappa shape index (κ3) is 4.55. The van der Waals surface area contributed by atoms with Gasteiger partial charge in [0.2, 0.25) is 5.91 Å². The van der Waals surface area contributed by atoms with Crippen LogP contribution in [0.25, 0.3) is 0 Å². The van der Waals surface area contributed by atoms with Gasteiger partial charge in [-0.1, -0.05) is 25.0 Å². The molecule has 1 amide bonds. The highest BCUT2D eigenvalue weighted by Gasteiger charge is 2.37. The number of hydrogen-bond acceptors (Lipinski definition) is 3. The number of hydrogen-bond donors (Lipinski definition) is 2. The molecule has 2 aliphatic carbocycles. The van der Waals surface area contributed by atoms with Crippen molar-refractivity contribution >= 4 is 11.6 Å². The minimum atomic E-state index is -0.396. The van der Waals surface area contributed by atoms with Crippen LogP contribution in [0, 0.1) is 11.8 Å². The molecule has 1 aromatic rings. The molecule has 4 heteroatoms. The van der Waals surface area contributed by atoms with Crippen LogP contribution < -0.4 is 11.1 Å². The standard InChI is InChI=1S/C19H28N2O2/c1-19(20)10-3-2-7-17(19)18(22)21-16-6-4-5-15(11-16)13-23-12-14-8-9-14/h4-6,11,14,17H,2-3,7-10,12-13,20H2,1H3,(H,21,22). The third-order valence-corrected chi connectivity index (χ3v) is 5.08. The molecule has 4 nitrogen and oxygen atoms in total. The van der Waals surface area contributed by atoms with Gasteiger partial charge < -0.3 is 15.8 Å². The van der Waals surface area contributed by atoms with E-state index in [1.807, 2.05) is 31.2 Å². The van der Waals surface area contributed by atoms with Gasteiger partial charge in [0.1, 0.15) is 0 Å². The van der Waals surface area contributed by atoms with E-state index >= 15 is 0 Å². The van der Waals surface area contributed by atoms with Gasteiger partial charge in [0.15, 0.2) is 0 Å². The highest BCUT2D eigenvalue weighted by atomic mass is 16.5. The zero-order valence-electron chi connectivity index (χ0n) is 14.0. The topological polar surface area (TPSA) is 64.4 Å². The van der Waals surface area contributed by atoms with Crippen molar-refractivity contribution < 1.29 is 9.53 Å². The van der Waals surface area contributed by atoms with Crippen LogP contribution in [-0.2, 0) is 16.1 Å². The predicted octanol–water partition coefficient (Wildman–Crippen LogP) is 3.46. The first-order chi connectivity index (χ1) is 11.0. The molecule has 0 saturated heterocycles. The van der Waals surface area contributed by atoms with Crippen molar-refractivity contribution in [2.45, 2.75) is 57.6 Å². The smallest absolute Gasteiger partial charge is 0.229 e. The highest BCUT2D eigenvalue weighted by molar-refractivity contribution is 5.93. The lowest BCUT2D eigenvalue weighted by Gasteiger charge is -2.37. The van der Waals surface area contributed by atoms with Crippen molar-refractivity contribution in [1.82, 2.24) is 0 Å². The number of amides is 1. The van der Waals surface area contributed by atoms with Crippen LogP contribution in [0.2, 0.25) is 0 Å². The minimum Gasteiger partial charge on any atom is -0.376 e. The highest BCUT2D eigenvalue weighted by Crippen LogP contribution is 2.32. The Hall–Kier alpha value is -1.39. The predicted molar refractivity (Wildman–Crippen MR) is 92.0 cm³/mol. The van der Waals surface area contributed by atoms with Crippen LogP contribution in [0.15, 0.2) is 24.3 Å². The first kappa shape index (κ1) is 16.5. The average Bonchev–Trinajstić information content (AvgIpc) is 3.31. The number of ether oxygens (including phenoxy) is 1. The SMILES string of the molecule is CC1(N)CCCCC1C(=O)Nc1cccc(COCC2CC2)c1. The minimum absolute atomic E-state index is 0.0470. The summed E-state index contributed by atoms with van der Waals surface area (Å²) < 4.78 is 5.72. The van der Waals surface area contributed by atoms with Gasteiger partial charge in [0.05, 0.1) is 12.5 Å². The van der Waals surface area contributed by atoms with Crippen molar-refractivity contribution in [1.29, 1.82) is 0 Å². The lowest BCUT2D eigenvalue weighted by Crippen LogP contribution is -2.51. The van der Waals surface area contributed by atoms with Crippen molar-refractivity contribution in [2.24, 2.45) is 17.6 Å². The second-order valence-corrected chi connectivity index (χ2v) is 7.45. The van der Waals surface area contributed by atoms with E-state index in [1.54, 1.807) is 0 Å². The van der Waals surface area contributed by atoms with Gasteiger partial charge in [-0.2, -0.15) is 0 Å². The molecule has 0 aliphatic heterocycles. The first-order valence-electron chi connectivity index (χ1n) is 8.81. The Morgan fingerprint density at radius 3 is 2.91 bits per heavy atom. The van der Waals surface area contributed by atoms with Crippen molar-refractivity contribution in [3.8, 4) is 0 Å². The zero-order valence-corrected chi connectivity index (χ0v) is 14.0. The second kappa shape index (κ2) is 7.02. The van der Waals surface area contributed by atoms with Gasteiger partial charge in [-0.25, -0.2) is 0 Å². The Kier molecular flexibility index (Phi) is 5.02. The number of carbonyl (C=O) groups is 1. The fraction of sp³-hybridized carbons (Fsp3) is 0.632. The summed E-state index contributed by atoms with van der Waals surface area (Å²) in [6.07, 6.45) is 6.60. The summed E-state index contributed by atoms with van der Waals surface area (Å²) in [4.78, 5) is 12.6. The molecule has 2 saturated carbocycles. The van der Waals surface area contributed by atoms with Crippen LogP contribution in [0.1, 0.15) is 51.0 Å². The fourth-order valence-corrected chi connectivity index (χ4v) is 3.39. The maximum absolute atomic E-state index is 12.6. The second-order valence-electron chi connectivity index (χ2n) is 7.45. The molecule has 0 spiro atoms. The Labute approximate surface area is 138 Å². The summed E-state index contributed by atoms with van der Waals surface area (Å²) in [5.41, 5.74) is 7.87. The van der Waals surface area contributed by atoms with Gasteiger partial charge in [0, 0.05) is 17.8 Å². The summed E-state index contributed by atoms with van der Waals surface area (Å²) in [6.45, 7) is 3.46. The van der Waals surface area contributed by atoms with Crippen LogP contribution in [0.5, 0.6) is 0 Å². The Morgan fingerprint density at radius 1 is 1.35 bits per heavy atom. The maximum Gasteiger partial charge on any atom is 0.229 e. The molecule has 0 bridgehead atoms. The Bertz CT molecular complexity index is 552. The molecule has 3 rings (SSSR count). The number of rotatable bonds is 6. The van der Waals surface area contributed by atoms with E-state index < -0.39 is 5.54 Å². The fourth-order valence-electron chi connectivity index (χ4n) is 3.39. The van der Waals surface area contributed by atoms with Crippen LogP contribution in [0.3, 0.4) is 0 Å². The van der Waals surface area contributed by atoms with Crippen molar-refractivity contribution in [2.75, 3.05) is 11.9 Å². The third-order valence-electron chi connectivity index (χ3n) is 5.08. The molecular weight excluding hydrogens is 288 g/mol. The van der Waals surface area contributed by atoms with Crippen molar-refractivity contribution in [3.05, 3.63) is 29.8 Å². The van der Waals surface area contributed by atoms with E-state index in [2.05, 4.69) is 5.32 Å². The Morgan fingerprint density at radius 2 is 2.17 bits per heavy atom. The molecule has 0 heterocycles. The molecule has 23 heavy (non-hydrogen) atoms. The zero-order chi connectivity index (χ0) is 16.3. The van der Waals surface area contributed by atoms with E-state index in [0.717, 1.165) is 49.5 Å². The summed E-state index contributed by atoms with van der Waals surface area (Å²) in [5, 5.41) is 3.04. The van der Waals surface area contributed by atoms with Crippen molar-refractivity contribution in [3.63, 3.8) is 0 Å². The van der Waals surface area contributed by atoms with Crippen LogP contribution in [0.4, 0.5) is 5.69 Å². The molecule has 2 aliphatic rings. The van der Waals surface area contributed by atoms with E-state index in [-0.39, 0.29) is 11.8 Å². The lowest BCUT2D eigenvalue weighted by molar-refractivity contribution is -0.122. The van der Waals surface area contributed by atoms with Gasteiger partial charge in [-0.3, -0.25) is 4.79 Å². The molecule has 0 aromatic heterocycles. The molecule has 2 atom stereocenters. The molecule has 126 valence electrons. The van der Waals surface area contributed by atoms with Crippen LogP contribution >= 0.6 is 0 Å². The number of nitrogens with one attached hydrogen (secondary N) is 1. The largest absolute Gasteiger partial charge is 0.376 e. The molecule has 2 fully saturated rings. The van der Waals surface area contributed by atoms with Gasteiger partial charge in [0.25, 0.3) is 0 Å². The lowest BCUT2D eigenvalue weighted by atomic mass is 9.74. The summed E-state index contributed by atoms with van der Waals surface area (Å²) >= 11 is 0. The van der Waals surface area contributed by atoms with Gasteiger partial charge in [-0.05, 0) is 56.2 Å².